The lowest BCUT2D eigenvalue weighted by molar-refractivity contribution is 0.426. The van der Waals surface area contributed by atoms with Crippen LogP contribution in [0.3, 0.4) is 0 Å². The quantitative estimate of drug-likeness (QED) is 0.803. The number of nitrogens with two attached hydrogens (primary N) is 1. The third-order valence-corrected chi connectivity index (χ3v) is 2.73. The lowest BCUT2D eigenvalue weighted by Gasteiger charge is -2.00. The van der Waals surface area contributed by atoms with Crippen LogP contribution in [-0.2, 0) is 6.42 Å². The minimum absolute atomic E-state index is 0.357. The number of aryl methyl sites for hydroxylation is 1. The minimum atomic E-state index is 0.357. The molecule has 0 radical (unpaired) electrons. The fourth-order valence-electron chi connectivity index (χ4n) is 1.84. The van der Waals surface area contributed by atoms with E-state index in [4.69, 9.17) is 10.3 Å². The van der Waals surface area contributed by atoms with Crippen molar-refractivity contribution in [3.63, 3.8) is 0 Å². The summed E-state index contributed by atoms with van der Waals surface area (Å²) < 4.78 is 5.07. The van der Waals surface area contributed by atoms with E-state index in [9.17, 15) is 0 Å². The number of pyridine rings is 1. The zero-order chi connectivity index (χ0) is 12.1. The Morgan fingerprint density at radius 3 is 2.88 bits per heavy atom. The molecule has 0 amide bonds. The Bertz CT molecular complexity index is 465. The molecule has 0 aromatic carbocycles. The molecule has 2 rings (SSSR count). The molecule has 0 aliphatic heterocycles. The molecule has 17 heavy (non-hydrogen) atoms. The summed E-state index contributed by atoms with van der Waals surface area (Å²) >= 11 is 0. The highest BCUT2D eigenvalue weighted by Crippen LogP contribution is 2.28. The van der Waals surface area contributed by atoms with Crippen molar-refractivity contribution in [2.24, 2.45) is 0 Å². The van der Waals surface area contributed by atoms with Gasteiger partial charge in [0.2, 0.25) is 5.88 Å². The first-order valence-corrected chi connectivity index (χ1v) is 5.98. The van der Waals surface area contributed by atoms with Gasteiger partial charge in [-0.1, -0.05) is 31.0 Å². The predicted octanol–water partition coefficient (Wildman–Crippen LogP) is 3.05. The monoisotopic (exact) mass is 231 g/mol. The van der Waals surface area contributed by atoms with Crippen LogP contribution in [-0.4, -0.2) is 10.1 Å². The van der Waals surface area contributed by atoms with E-state index >= 15 is 0 Å². The van der Waals surface area contributed by atoms with Crippen molar-refractivity contribution in [3.8, 4) is 11.3 Å². The van der Waals surface area contributed by atoms with Crippen molar-refractivity contribution in [3.05, 3.63) is 30.1 Å². The highest BCUT2D eigenvalue weighted by molar-refractivity contribution is 5.71. The molecular formula is C13H17N3O. The first kappa shape index (κ1) is 11.6. The van der Waals surface area contributed by atoms with Gasteiger partial charge >= 0.3 is 0 Å². The third-order valence-electron chi connectivity index (χ3n) is 2.73. The molecule has 0 aliphatic carbocycles. The second kappa shape index (κ2) is 5.48. The first-order chi connectivity index (χ1) is 8.33. The van der Waals surface area contributed by atoms with Gasteiger partial charge in [0, 0.05) is 6.20 Å². The van der Waals surface area contributed by atoms with Crippen LogP contribution >= 0.6 is 0 Å². The van der Waals surface area contributed by atoms with Crippen LogP contribution in [0.1, 0.15) is 31.9 Å². The molecule has 0 saturated heterocycles. The summed E-state index contributed by atoms with van der Waals surface area (Å²) in [5.41, 5.74) is 8.40. The summed E-state index contributed by atoms with van der Waals surface area (Å²) in [6.45, 7) is 2.18. The van der Waals surface area contributed by atoms with Crippen LogP contribution in [0.5, 0.6) is 0 Å². The van der Waals surface area contributed by atoms with Crippen molar-refractivity contribution >= 4 is 5.88 Å². The normalized spacial score (nSPS) is 10.6. The molecule has 0 atom stereocenters. The van der Waals surface area contributed by atoms with Gasteiger partial charge in [0.1, 0.15) is 0 Å². The third kappa shape index (κ3) is 2.64. The Hall–Kier alpha value is -1.84. The van der Waals surface area contributed by atoms with Gasteiger partial charge < -0.3 is 10.3 Å². The Kier molecular flexibility index (Phi) is 3.75. The molecule has 2 aromatic heterocycles. The first-order valence-electron chi connectivity index (χ1n) is 5.98. The highest BCUT2D eigenvalue weighted by Gasteiger charge is 2.15. The lowest BCUT2D eigenvalue weighted by atomic mass is 10.1. The molecule has 0 fully saturated rings. The zero-order valence-electron chi connectivity index (χ0n) is 10.0. The summed E-state index contributed by atoms with van der Waals surface area (Å²) in [6, 6.07) is 5.74. The fraction of sp³-hybridized carbons (Fsp3) is 0.385. The number of unbranched alkanes of at least 4 members (excludes halogenated alkanes) is 2. The Morgan fingerprint density at radius 1 is 1.29 bits per heavy atom. The average molecular weight is 231 g/mol. The predicted molar refractivity (Wildman–Crippen MR) is 67.4 cm³/mol. The van der Waals surface area contributed by atoms with Crippen molar-refractivity contribution in [1.82, 2.24) is 10.1 Å². The SMILES string of the molecule is CCCCCc1noc(N)c1-c1ccccn1. The van der Waals surface area contributed by atoms with E-state index in [0.29, 0.717) is 5.88 Å². The number of hydrogen-bond donors (Lipinski definition) is 1. The maximum absolute atomic E-state index is 5.81. The van der Waals surface area contributed by atoms with Crippen molar-refractivity contribution < 1.29 is 4.52 Å². The number of hydrogen-bond acceptors (Lipinski definition) is 4. The van der Waals surface area contributed by atoms with Crippen LogP contribution < -0.4 is 5.73 Å². The molecule has 0 bridgehead atoms. The molecule has 90 valence electrons. The Balaban J connectivity index is 2.24. The van der Waals surface area contributed by atoms with Gasteiger partial charge in [0.05, 0.1) is 17.0 Å². The number of aromatic nitrogens is 2. The molecule has 2 N–H and O–H groups in total. The standard InChI is InChI=1S/C13H17N3O/c1-2-3-4-8-11-12(13(14)17-16-11)10-7-5-6-9-15-10/h5-7,9H,2-4,8,14H2,1H3. The van der Waals surface area contributed by atoms with E-state index in [1.165, 1.54) is 12.8 Å². The molecule has 2 aromatic rings. The summed E-state index contributed by atoms with van der Waals surface area (Å²) in [4.78, 5) is 4.29. The van der Waals surface area contributed by atoms with E-state index in [-0.39, 0.29) is 0 Å². The van der Waals surface area contributed by atoms with Gasteiger partial charge in [0.25, 0.3) is 0 Å². The summed E-state index contributed by atoms with van der Waals surface area (Å²) in [5.74, 6) is 0.357. The van der Waals surface area contributed by atoms with Crippen LogP contribution in [0.25, 0.3) is 11.3 Å². The lowest BCUT2D eigenvalue weighted by Crippen LogP contribution is -1.93. The largest absolute Gasteiger partial charge is 0.367 e. The number of anilines is 1. The molecule has 0 spiro atoms. The van der Waals surface area contributed by atoms with Gasteiger partial charge in [-0.2, -0.15) is 0 Å². The van der Waals surface area contributed by atoms with E-state index < -0.39 is 0 Å². The average Bonchev–Trinajstić information content (AvgIpc) is 2.72. The van der Waals surface area contributed by atoms with Gasteiger partial charge in [-0.05, 0) is 25.0 Å². The van der Waals surface area contributed by atoms with E-state index in [0.717, 1.165) is 29.8 Å². The van der Waals surface area contributed by atoms with Crippen LogP contribution in [0.4, 0.5) is 5.88 Å². The van der Waals surface area contributed by atoms with Crippen molar-refractivity contribution in [2.45, 2.75) is 32.6 Å². The Labute approximate surface area is 101 Å². The van der Waals surface area contributed by atoms with Gasteiger partial charge in [-0.15, -0.1) is 0 Å². The maximum atomic E-state index is 5.81. The maximum Gasteiger partial charge on any atom is 0.231 e. The van der Waals surface area contributed by atoms with Gasteiger partial charge in [-0.25, -0.2) is 0 Å². The van der Waals surface area contributed by atoms with Crippen LogP contribution in [0.2, 0.25) is 0 Å². The second-order valence-corrected chi connectivity index (χ2v) is 4.04. The van der Waals surface area contributed by atoms with Crippen molar-refractivity contribution in [2.75, 3.05) is 5.73 Å². The van der Waals surface area contributed by atoms with Crippen LogP contribution in [0.15, 0.2) is 28.9 Å². The Morgan fingerprint density at radius 2 is 2.18 bits per heavy atom. The number of nitrogen functional groups attached to an aromatic ring is 1. The highest BCUT2D eigenvalue weighted by atomic mass is 16.5. The summed E-state index contributed by atoms with van der Waals surface area (Å²) in [6.07, 6.45) is 6.11. The molecule has 0 saturated carbocycles. The molecule has 4 nitrogen and oxygen atoms in total. The van der Waals surface area contributed by atoms with Crippen molar-refractivity contribution in [1.29, 1.82) is 0 Å². The summed E-state index contributed by atoms with van der Waals surface area (Å²) in [7, 11) is 0. The van der Waals surface area contributed by atoms with Crippen LogP contribution in [0, 0.1) is 0 Å². The smallest absolute Gasteiger partial charge is 0.231 e. The van der Waals surface area contributed by atoms with Gasteiger partial charge in [-0.3, -0.25) is 4.98 Å². The topological polar surface area (TPSA) is 64.9 Å². The molecule has 0 unspecified atom stereocenters. The zero-order valence-corrected chi connectivity index (χ0v) is 10.0. The minimum Gasteiger partial charge on any atom is -0.367 e. The number of nitrogens with zero attached hydrogens (tertiary/aromatic N) is 2. The van der Waals surface area contributed by atoms with E-state index in [2.05, 4.69) is 17.1 Å². The fourth-order valence-corrected chi connectivity index (χ4v) is 1.84. The second-order valence-electron chi connectivity index (χ2n) is 4.04. The molecular weight excluding hydrogens is 214 g/mol. The van der Waals surface area contributed by atoms with Gasteiger partial charge in [0.15, 0.2) is 0 Å². The molecule has 2 heterocycles. The van der Waals surface area contributed by atoms with E-state index in [1.54, 1.807) is 6.20 Å². The molecule has 4 heteroatoms. The summed E-state index contributed by atoms with van der Waals surface area (Å²) in [5, 5.41) is 4.02. The number of rotatable bonds is 5. The van der Waals surface area contributed by atoms with E-state index in [1.807, 2.05) is 18.2 Å². The molecule has 0 aliphatic rings.